The number of hydrogen-bond acceptors (Lipinski definition) is 5. The Morgan fingerprint density at radius 2 is 1.68 bits per heavy atom. The van der Waals surface area contributed by atoms with Crippen LogP contribution in [0.2, 0.25) is 0 Å². The third kappa shape index (κ3) is 6.86. The molecule has 0 spiro atoms. The first-order chi connectivity index (χ1) is 13.3. The highest BCUT2D eigenvalue weighted by Gasteiger charge is 2.15. The summed E-state index contributed by atoms with van der Waals surface area (Å²) in [5.41, 5.74) is 2.46. The number of benzene rings is 2. The SMILES string of the molecule is COCCCNC(=O)COc1ccc(S(=O)(=O)Nc2cc(C)cc(C)c2)cc1. The number of nitrogens with one attached hydrogen (secondary N) is 2. The van der Waals surface area contributed by atoms with Crippen molar-refractivity contribution in [3.8, 4) is 5.75 Å². The molecule has 0 saturated carbocycles. The molecule has 0 unspecified atom stereocenters. The van der Waals surface area contributed by atoms with Crippen molar-refractivity contribution < 1.29 is 22.7 Å². The molecule has 2 aromatic rings. The highest BCUT2D eigenvalue weighted by atomic mass is 32.2. The summed E-state index contributed by atoms with van der Waals surface area (Å²) in [7, 11) is -2.11. The summed E-state index contributed by atoms with van der Waals surface area (Å²) in [6, 6.07) is 11.4. The number of rotatable bonds is 10. The first-order valence-electron chi connectivity index (χ1n) is 8.90. The Kier molecular flexibility index (Phi) is 7.83. The summed E-state index contributed by atoms with van der Waals surface area (Å²) in [4.78, 5) is 11.8. The molecule has 0 aliphatic carbocycles. The van der Waals surface area contributed by atoms with Crippen LogP contribution in [0.4, 0.5) is 5.69 Å². The third-order valence-electron chi connectivity index (χ3n) is 3.83. The number of anilines is 1. The molecule has 0 atom stereocenters. The standard InChI is InChI=1S/C20H26N2O5S/c1-15-11-16(2)13-17(12-15)22-28(24,25)19-7-5-18(6-8-19)27-14-20(23)21-9-4-10-26-3/h5-8,11-13,22H,4,9-10,14H2,1-3H3,(H,21,23). The van der Waals surface area contributed by atoms with Gasteiger partial charge in [0.2, 0.25) is 0 Å². The molecule has 0 aliphatic rings. The van der Waals surface area contributed by atoms with Gasteiger partial charge < -0.3 is 14.8 Å². The predicted molar refractivity (Wildman–Crippen MR) is 108 cm³/mol. The fourth-order valence-corrected chi connectivity index (χ4v) is 3.65. The van der Waals surface area contributed by atoms with Gasteiger partial charge in [0, 0.05) is 25.9 Å². The Hall–Kier alpha value is -2.58. The number of hydrogen-bond donors (Lipinski definition) is 2. The van der Waals surface area contributed by atoms with Gasteiger partial charge in [0.15, 0.2) is 6.61 Å². The molecule has 152 valence electrons. The van der Waals surface area contributed by atoms with E-state index in [2.05, 4.69) is 10.0 Å². The number of carbonyl (C=O) groups is 1. The molecular weight excluding hydrogens is 380 g/mol. The molecule has 0 saturated heterocycles. The first-order valence-corrected chi connectivity index (χ1v) is 10.4. The van der Waals surface area contributed by atoms with E-state index in [0.29, 0.717) is 24.6 Å². The van der Waals surface area contributed by atoms with Crippen molar-refractivity contribution in [2.24, 2.45) is 0 Å². The van der Waals surface area contributed by atoms with Gasteiger partial charge >= 0.3 is 0 Å². The van der Waals surface area contributed by atoms with Crippen LogP contribution in [-0.2, 0) is 19.6 Å². The Morgan fingerprint density at radius 1 is 1.04 bits per heavy atom. The highest BCUT2D eigenvalue weighted by Crippen LogP contribution is 2.21. The van der Waals surface area contributed by atoms with Gasteiger partial charge in [0.05, 0.1) is 4.90 Å². The topological polar surface area (TPSA) is 93.7 Å². The molecule has 2 N–H and O–H groups in total. The number of ether oxygens (including phenoxy) is 2. The van der Waals surface area contributed by atoms with E-state index in [1.165, 1.54) is 24.3 Å². The molecule has 0 aliphatic heterocycles. The van der Waals surface area contributed by atoms with Gasteiger partial charge in [-0.2, -0.15) is 0 Å². The molecule has 0 heterocycles. The molecule has 8 heteroatoms. The monoisotopic (exact) mass is 406 g/mol. The van der Waals surface area contributed by atoms with Crippen LogP contribution in [0.15, 0.2) is 47.4 Å². The average Bonchev–Trinajstić information content (AvgIpc) is 2.62. The molecule has 7 nitrogen and oxygen atoms in total. The fourth-order valence-electron chi connectivity index (χ4n) is 2.61. The largest absolute Gasteiger partial charge is 0.484 e. The number of amides is 1. The van der Waals surface area contributed by atoms with E-state index in [0.717, 1.165) is 17.5 Å². The maximum absolute atomic E-state index is 12.5. The van der Waals surface area contributed by atoms with Crippen LogP contribution in [0.5, 0.6) is 5.75 Å². The van der Waals surface area contributed by atoms with Gasteiger partial charge in [-0.15, -0.1) is 0 Å². The van der Waals surface area contributed by atoms with Crippen LogP contribution in [0.3, 0.4) is 0 Å². The van der Waals surface area contributed by atoms with Gasteiger partial charge in [-0.05, 0) is 67.8 Å². The molecule has 28 heavy (non-hydrogen) atoms. The Bertz CT molecular complexity index is 875. The van der Waals surface area contributed by atoms with Crippen LogP contribution >= 0.6 is 0 Å². The number of aryl methyl sites for hydroxylation is 2. The molecule has 0 fully saturated rings. The second-order valence-corrected chi connectivity index (χ2v) is 8.12. The van der Waals surface area contributed by atoms with Crippen molar-refractivity contribution >= 4 is 21.6 Å². The average molecular weight is 407 g/mol. The van der Waals surface area contributed by atoms with Gasteiger partial charge in [0.25, 0.3) is 15.9 Å². The zero-order chi connectivity index (χ0) is 20.6. The summed E-state index contributed by atoms with van der Waals surface area (Å²) in [5.74, 6) is 0.168. The summed E-state index contributed by atoms with van der Waals surface area (Å²) in [6.45, 7) is 4.76. The lowest BCUT2D eigenvalue weighted by atomic mass is 10.1. The molecule has 2 rings (SSSR count). The normalized spacial score (nSPS) is 11.1. The van der Waals surface area contributed by atoms with E-state index in [-0.39, 0.29) is 17.4 Å². The van der Waals surface area contributed by atoms with Gasteiger partial charge in [0.1, 0.15) is 5.75 Å². The maximum atomic E-state index is 12.5. The number of sulfonamides is 1. The third-order valence-corrected chi connectivity index (χ3v) is 5.22. The second kappa shape index (κ2) is 10.1. The zero-order valence-corrected chi connectivity index (χ0v) is 17.1. The molecule has 1 amide bonds. The van der Waals surface area contributed by atoms with Crippen molar-refractivity contribution in [1.82, 2.24) is 5.32 Å². The van der Waals surface area contributed by atoms with E-state index in [9.17, 15) is 13.2 Å². The summed E-state index contributed by atoms with van der Waals surface area (Å²) < 4.78 is 38.0. The Morgan fingerprint density at radius 3 is 2.29 bits per heavy atom. The molecule has 2 aromatic carbocycles. The van der Waals surface area contributed by atoms with Gasteiger partial charge in [-0.1, -0.05) is 6.07 Å². The zero-order valence-electron chi connectivity index (χ0n) is 16.3. The lowest BCUT2D eigenvalue weighted by molar-refractivity contribution is -0.123. The predicted octanol–water partition coefficient (Wildman–Crippen LogP) is 2.64. The van der Waals surface area contributed by atoms with Crippen LogP contribution in [-0.4, -0.2) is 41.2 Å². The van der Waals surface area contributed by atoms with Crippen molar-refractivity contribution in [3.63, 3.8) is 0 Å². The van der Waals surface area contributed by atoms with Crippen LogP contribution in [0, 0.1) is 13.8 Å². The van der Waals surface area contributed by atoms with E-state index in [4.69, 9.17) is 9.47 Å². The van der Waals surface area contributed by atoms with E-state index in [1.807, 2.05) is 19.9 Å². The van der Waals surface area contributed by atoms with Crippen LogP contribution in [0.1, 0.15) is 17.5 Å². The van der Waals surface area contributed by atoms with Crippen molar-refractivity contribution in [3.05, 3.63) is 53.6 Å². The fraction of sp³-hybridized carbons (Fsp3) is 0.350. The quantitative estimate of drug-likeness (QED) is 0.592. The van der Waals surface area contributed by atoms with Crippen molar-refractivity contribution in [2.45, 2.75) is 25.2 Å². The number of methoxy groups -OCH3 is 1. The van der Waals surface area contributed by atoms with Crippen molar-refractivity contribution in [1.29, 1.82) is 0 Å². The smallest absolute Gasteiger partial charge is 0.261 e. The summed E-state index contributed by atoms with van der Waals surface area (Å²) in [6.07, 6.45) is 0.724. The van der Waals surface area contributed by atoms with E-state index in [1.54, 1.807) is 19.2 Å². The molecular formula is C20H26N2O5S. The molecule has 0 aromatic heterocycles. The Labute approximate surface area is 166 Å². The lowest BCUT2D eigenvalue weighted by Crippen LogP contribution is -2.30. The second-order valence-electron chi connectivity index (χ2n) is 6.44. The van der Waals surface area contributed by atoms with Crippen LogP contribution in [0.25, 0.3) is 0 Å². The van der Waals surface area contributed by atoms with E-state index >= 15 is 0 Å². The molecule has 0 bridgehead atoms. The minimum Gasteiger partial charge on any atom is -0.484 e. The van der Waals surface area contributed by atoms with Crippen LogP contribution < -0.4 is 14.8 Å². The minimum atomic E-state index is -3.71. The summed E-state index contributed by atoms with van der Waals surface area (Å²) in [5, 5.41) is 2.71. The van der Waals surface area contributed by atoms with Gasteiger partial charge in [-0.25, -0.2) is 8.42 Å². The maximum Gasteiger partial charge on any atom is 0.261 e. The Balaban J connectivity index is 1.92. The highest BCUT2D eigenvalue weighted by molar-refractivity contribution is 7.92. The number of carbonyl (C=O) groups excluding carboxylic acids is 1. The van der Waals surface area contributed by atoms with Gasteiger partial charge in [-0.3, -0.25) is 9.52 Å². The molecule has 0 radical (unpaired) electrons. The minimum absolute atomic E-state index is 0.114. The summed E-state index contributed by atoms with van der Waals surface area (Å²) >= 11 is 0. The first kappa shape index (κ1) is 21.7. The van der Waals surface area contributed by atoms with Crippen molar-refractivity contribution in [2.75, 3.05) is 31.6 Å². The lowest BCUT2D eigenvalue weighted by Gasteiger charge is -2.11. The van der Waals surface area contributed by atoms with E-state index < -0.39 is 10.0 Å².